The van der Waals surface area contributed by atoms with Crippen LogP contribution >= 0.6 is 0 Å². The van der Waals surface area contributed by atoms with Gasteiger partial charge in [0, 0.05) is 11.6 Å². The highest BCUT2D eigenvalue weighted by atomic mass is 16.3. The molecule has 0 atom stereocenters. The van der Waals surface area contributed by atoms with Crippen molar-refractivity contribution in [2.45, 2.75) is 6.54 Å². The molecule has 20 heavy (non-hydrogen) atoms. The number of nitrogens with one attached hydrogen (secondary N) is 1. The molecule has 0 fully saturated rings. The van der Waals surface area contributed by atoms with Gasteiger partial charge >= 0.3 is 0 Å². The van der Waals surface area contributed by atoms with Crippen LogP contribution in [0.5, 0.6) is 11.5 Å². The Morgan fingerprint density at radius 1 is 1.50 bits per heavy atom. The minimum absolute atomic E-state index is 0.0321. The molecule has 104 valence electrons. The highest BCUT2D eigenvalue weighted by Crippen LogP contribution is 2.20. The van der Waals surface area contributed by atoms with Gasteiger partial charge < -0.3 is 15.9 Å². The van der Waals surface area contributed by atoms with Crippen LogP contribution in [0.4, 0.5) is 5.95 Å². The maximum absolute atomic E-state index is 11.5. The van der Waals surface area contributed by atoms with Gasteiger partial charge in [-0.25, -0.2) is 5.43 Å². The Hall–Kier alpha value is -3.17. The lowest BCUT2D eigenvalue weighted by Gasteiger charge is -2.00. The maximum Gasteiger partial charge on any atom is 0.263 e. The lowest BCUT2D eigenvalue weighted by molar-refractivity contribution is -0.122. The number of nitrogen functional groups attached to an aromatic ring is 1. The minimum atomic E-state index is -0.489. The van der Waals surface area contributed by atoms with Crippen LogP contribution in [0.1, 0.15) is 5.56 Å². The van der Waals surface area contributed by atoms with E-state index in [2.05, 4.69) is 25.9 Å². The van der Waals surface area contributed by atoms with Crippen molar-refractivity contribution in [2.75, 3.05) is 5.73 Å². The van der Waals surface area contributed by atoms with E-state index in [1.165, 1.54) is 18.3 Å². The number of anilines is 1. The molecule has 0 aliphatic rings. The predicted molar refractivity (Wildman–Crippen MR) is 67.7 cm³/mol. The zero-order chi connectivity index (χ0) is 14.5. The van der Waals surface area contributed by atoms with Gasteiger partial charge in [0.2, 0.25) is 0 Å². The van der Waals surface area contributed by atoms with Gasteiger partial charge in [-0.2, -0.15) is 9.90 Å². The van der Waals surface area contributed by atoms with Gasteiger partial charge in [-0.05, 0) is 17.3 Å². The van der Waals surface area contributed by atoms with E-state index in [0.29, 0.717) is 5.56 Å². The van der Waals surface area contributed by atoms with Crippen LogP contribution in [0.2, 0.25) is 0 Å². The van der Waals surface area contributed by atoms with Crippen LogP contribution in [0.25, 0.3) is 0 Å². The molecule has 0 saturated carbocycles. The number of nitrogens with zero attached hydrogens (tertiary/aromatic N) is 5. The summed E-state index contributed by atoms with van der Waals surface area (Å²) in [6, 6.07) is 3.98. The Balaban J connectivity index is 1.91. The number of carbonyl (C=O) groups excluding carboxylic acids is 1. The molecule has 0 saturated heterocycles. The number of benzene rings is 1. The molecule has 0 radical (unpaired) electrons. The number of hydrazone groups is 1. The molecule has 1 aromatic heterocycles. The third-order valence-electron chi connectivity index (χ3n) is 2.16. The average Bonchev–Trinajstić information content (AvgIpc) is 2.77. The van der Waals surface area contributed by atoms with Gasteiger partial charge in [0.25, 0.3) is 11.9 Å². The number of aromatic nitrogens is 4. The van der Waals surface area contributed by atoms with Gasteiger partial charge in [-0.1, -0.05) is 5.10 Å². The summed E-state index contributed by atoms with van der Waals surface area (Å²) < 4.78 is 0. The molecule has 0 bridgehead atoms. The molecular weight excluding hydrogens is 266 g/mol. The summed E-state index contributed by atoms with van der Waals surface area (Å²) >= 11 is 0. The molecule has 1 aromatic carbocycles. The lowest BCUT2D eigenvalue weighted by Crippen LogP contribution is -2.24. The van der Waals surface area contributed by atoms with E-state index in [-0.39, 0.29) is 24.0 Å². The van der Waals surface area contributed by atoms with Crippen LogP contribution < -0.4 is 11.2 Å². The monoisotopic (exact) mass is 277 g/mol. The fourth-order valence-corrected chi connectivity index (χ4v) is 1.30. The van der Waals surface area contributed by atoms with E-state index in [0.717, 1.165) is 10.9 Å². The third-order valence-corrected chi connectivity index (χ3v) is 2.16. The molecule has 0 aliphatic carbocycles. The largest absolute Gasteiger partial charge is 0.508 e. The molecule has 10 nitrogen and oxygen atoms in total. The van der Waals surface area contributed by atoms with Crippen LogP contribution in [-0.4, -0.2) is 42.5 Å². The third kappa shape index (κ3) is 3.41. The van der Waals surface area contributed by atoms with Gasteiger partial charge in [0.1, 0.15) is 18.0 Å². The zero-order valence-electron chi connectivity index (χ0n) is 10.1. The predicted octanol–water partition coefficient (Wildman–Crippen LogP) is -1.18. The topological polar surface area (TPSA) is 152 Å². The normalized spacial score (nSPS) is 10.8. The summed E-state index contributed by atoms with van der Waals surface area (Å²) in [6.45, 7) is -0.191. The van der Waals surface area contributed by atoms with Gasteiger partial charge in [0.15, 0.2) is 0 Å². The van der Waals surface area contributed by atoms with E-state index in [9.17, 15) is 9.90 Å². The molecule has 2 aromatic rings. The molecule has 0 aliphatic heterocycles. The van der Waals surface area contributed by atoms with Crippen molar-refractivity contribution in [3.8, 4) is 11.5 Å². The number of aromatic hydroxyl groups is 2. The number of hydrogen-bond acceptors (Lipinski definition) is 8. The molecule has 0 unspecified atom stereocenters. The van der Waals surface area contributed by atoms with E-state index in [1.54, 1.807) is 0 Å². The summed E-state index contributed by atoms with van der Waals surface area (Å²) in [6.07, 6.45) is 1.23. The fraction of sp³-hybridized carbons (Fsp3) is 0.100. The van der Waals surface area contributed by atoms with Gasteiger partial charge in [-0.3, -0.25) is 4.79 Å². The van der Waals surface area contributed by atoms with Crippen LogP contribution in [-0.2, 0) is 11.3 Å². The Bertz CT molecular complexity index is 652. The first kappa shape index (κ1) is 13.3. The lowest BCUT2D eigenvalue weighted by atomic mass is 10.2. The van der Waals surface area contributed by atoms with Gasteiger partial charge in [-0.15, -0.1) is 5.10 Å². The smallest absolute Gasteiger partial charge is 0.263 e. The second-order valence-corrected chi connectivity index (χ2v) is 3.71. The molecule has 10 heteroatoms. The van der Waals surface area contributed by atoms with Crippen LogP contribution in [0, 0.1) is 0 Å². The molecule has 0 spiro atoms. The van der Waals surface area contributed by atoms with Crippen LogP contribution in [0.3, 0.4) is 0 Å². The van der Waals surface area contributed by atoms with E-state index < -0.39 is 5.91 Å². The molecule has 5 N–H and O–H groups in total. The van der Waals surface area contributed by atoms with Crippen molar-refractivity contribution in [3.05, 3.63) is 23.8 Å². The highest BCUT2D eigenvalue weighted by molar-refractivity contribution is 5.85. The number of hydrogen-bond donors (Lipinski definition) is 4. The Morgan fingerprint density at radius 3 is 2.95 bits per heavy atom. The second kappa shape index (κ2) is 5.65. The molecule has 1 amide bonds. The number of carbonyl (C=O) groups is 1. The number of rotatable bonds is 4. The summed E-state index contributed by atoms with van der Waals surface area (Å²) in [4.78, 5) is 12.5. The summed E-state index contributed by atoms with van der Waals surface area (Å²) in [5, 5.41) is 32.8. The standard InChI is InChI=1S/C10H11N7O3/c11-10-14-16-17(15-10)5-9(20)13-12-4-6-1-2-7(18)3-8(6)19/h1-4,18-19H,5H2,(H2,11,15)(H,13,20). The Kier molecular flexibility index (Phi) is 3.75. The van der Waals surface area contributed by atoms with Crippen molar-refractivity contribution >= 4 is 18.1 Å². The fourth-order valence-electron chi connectivity index (χ4n) is 1.30. The van der Waals surface area contributed by atoms with Crippen molar-refractivity contribution in [2.24, 2.45) is 5.10 Å². The second-order valence-electron chi connectivity index (χ2n) is 3.71. The first-order valence-corrected chi connectivity index (χ1v) is 5.42. The molecule has 1 heterocycles. The molecular formula is C10H11N7O3. The maximum atomic E-state index is 11.5. The van der Waals surface area contributed by atoms with E-state index in [4.69, 9.17) is 10.8 Å². The SMILES string of the molecule is Nc1nnn(CC(=O)NN=Cc2ccc(O)cc2O)n1. The first-order valence-electron chi connectivity index (χ1n) is 5.42. The zero-order valence-corrected chi connectivity index (χ0v) is 10.1. The summed E-state index contributed by atoms with van der Waals surface area (Å²) in [7, 11) is 0. The van der Waals surface area contributed by atoms with Crippen molar-refractivity contribution < 1.29 is 15.0 Å². The summed E-state index contributed by atoms with van der Waals surface area (Å²) in [5.41, 5.74) is 7.80. The van der Waals surface area contributed by atoms with Crippen molar-refractivity contribution in [1.82, 2.24) is 25.6 Å². The van der Waals surface area contributed by atoms with Crippen LogP contribution in [0.15, 0.2) is 23.3 Å². The van der Waals surface area contributed by atoms with Gasteiger partial charge in [0.05, 0.1) is 6.21 Å². The first-order chi connectivity index (χ1) is 9.54. The average molecular weight is 277 g/mol. The van der Waals surface area contributed by atoms with Crippen molar-refractivity contribution in [3.63, 3.8) is 0 Å². The number of phenolic OH excluding ortho intramolecular Hbond substituents is 2. The number of tetrazole rings is 1. The Morgan fingerprint density at radius 2 is 2.30 bits per heavy atom. The number of phenols is 2. The van der Waals surface area contributed by atoms with E-state index in [1.807, 2.05) is 0 Å². The Labute approximate surface area is 112 Å². The summed E-state index contributed by atoms with van der Waals surface area (Å²) in [5.74, 6) is -0.750. The van der Waals surface area contributed by atoms with E-state index >= 15 is 0 Å². The quantitative estimate of drug-likeness (QED) is 0.405. The number of nitrogens with two attached hydrogens (primary N) is 1. The highest BCUT2D eigenvalue weighted by Gasteiger charge is 2.05. The minimum Gasteiger partial charge on any atom is -0.508 e. The van der Waals surface area contributed by atoms with Crippen molar-refractivity contribution in [1.29, 1.82) is 0 Å². The number of amides is 1. The molecule has 2 rings (SSSR count).